The quantitative estimate of drug-likeness (QED) is 0.634. The van der Waals surface area contributed by atoms with Gasteiger partial charge in [0.1, 0.15) is 0 Å². The number of rotatable bonds is 4. The third-order valence-electron chi connectivity index (χ3n) is 2.79. The number of carbonyl (C=O) groups is 2. The van der Waals surface area contributed by atoms with Crippen molar-refractivity contribution in [3.05, 3.63) is 30.3 Å². The van der Waals surface area contributed by atoms with Gasteiger partial charge in [0.25, 0.3) is 0 Å². The molecule has 0 aliphatic carbocycles. The van der Waals surface area contributed by atoms with Gasteiger partial charge in [0.15, 0.2) is 0 Å². The van der Waals surface area contributed by atoms with Crippen LogP contribution in [0.1, 0.15) is 12.8 Å². The lowest BCUT2D eigenvalue weighted by Crippen LogP contribution is -2.54. The first-order chi connectivity index (χ1) is 9.57. The van der Waals surface area contributed by atoms with E-state index in [-0.39, 0.29) is 11.8 Å². The van der Waals surface area contributed by atoms with Crippen LogP contribution in [0.5, 0.6) is 0 Å². The summed E-state index contributed by atoms with van der Waals surface area (Å²) in [6.07, 6.45) is 0.748. The summed E-state index contributed by atoms with van der Waals surface area (Å²) < 4.78 is 16.0. The second kappa shape index (κ2) is 7.90. The Morgan fingerprint density at radius 2 is 1.35 bits per heavy atom. The molecule has 0 atom stereocenters. The van der Waals surface area contributed by atoms with Crippen LogP contribution >= 0.6 is 0 Å². The first-order valence-corrected chi connectivity index (χ1v) is 7.84. The third kappa shape index (κ3) is 4.24. The van der Waals surface area contributed by atoms with Gasteiger partial charge < -0.3 is 13.3 Å². The number of hydrogen-bond donors (Lipinski definition) is 1. The summed E-state index contributed by atoms with van der Waals surface area (Å²) in [5.74, 6) is -0.296. The van der Waals surface area contributed by atoms with Crippen molar-refractivity contribution in [3.8, 4) is 0 Å². The molecule has 0 saturated carbocycles. The summed E-state index contributed by atoms with van der Waals surface area (Å²) in [5.41, 5.74) is 0. The van der Waals surface area contributed by atoms with E-state index in [9.17, 15) is 9.59 Å². The van der Waals surface area contributed by atoms with Gasteiger partial charge in [0.05, 0.1) is 0 Å². The van der Waals surface area contributed by atoms with E-state index in [4.69, 9.17) is 13.3 Å². The highest BCUT2D eigenvalue weighted by molar-refractivity contribution is 6.75. The van der Waals surface area contributed by atoms with Gasteiger partial charge in [-0.25, -0.2) is 0 Å². The Morgan fingerprint density at radius 1 is 0.900 bits per heavy atom. The molecule has 6 nitrogen and oxygen atoms in total. The van der Waals surface area contributed by atoms with Crippen LogP contribution in [0, 0.1) is 0 Å². The molecular formula is C13H19NO5Si. The standard InChI is InChI=1S/C9H14O3Si.C4H5NO2/c1-10-13(11-2,12-3)9-7-5-4-6-8-9;6-3-1-2-4(7)5-3/h4-8H,1-3H3;1-2H2,(H,5,6,7). The predicted octanol–water partition coefficient (Wildman–Crippen LogP) is 0.195. The van der Waals surface area contributed by atoms with E-state index in [1.54, 1.807) is 21.3 Å². The molecule has 1 fully saturated rings. The second-order valence-electron chi connectivity index (χ2n) is 4.01. The van der Waals surface area contributed by atoms with E-state index in [1.807, 2.05) is 30.3 Å². The third-order valence-corrected chi connectivity index (χ3v) is 5.44. The van der Waals surface area contributed by atoms with Crippen molar-refractivity contribution >= 4 is 25.8 Å². The van der Waals surface area contributed by atoms with Crippen molar-refractivity contribution in [2.75, 3.05) is 21.3 Å². The maximum atomic E-state index is 10.1. The highest BCUT2D eigenvalue weighted by atomic mass is 28.4. The van der Waals surface area contributed by atoms with Crippen LogP contribution in [-0.4, -0.2) is 41.9 Å². The molecule has 2 amide bonds. The number of nitrogens with one attached hydrogen (secondary N) is 1. The lowest BCUT2D eigenvalue weighted by molar-refractivity contribution is -0.124. The van der Waals surface area contributed by atoms with Crippen molar-refractivity contribution in [1.82, 2.24) is 5.32 Å². The molecule has 110 valence electrons. The van der Waals surface area contributed by atoms with Crippen LogP contribution in [0.25, 0.3) is 0 Å². The zero-order chi connectivity index (χ0) is 15.0. The minimum Gasteiger partial charge on any atom is -0.373 e. The van der Waals surface area contributed by atoms with Crippen LogP contribution in [0.4, 0.5) is 0 Å². The zero-order valence-electron chi connectivity index (χ0n) is 11.8. The normalized spacial score (nSPS) is 14.6. The Balaban J connectivity index is 0.000000240. The van der Waals surface area contributed by atoms with E-state index in [0.29, 0.717) is 12.8 Å². The fraction of sp³-hybridized carbons (Fsp3) is 0.385. The van der Waals surface area contributed by atoms with Gasteiger partial charge in [-0.1, -0.05) is 30.3 Å². The zero-order valence-corrected chi connectivity index (χ0v) is 12.8. The fourth-order valence-corrected chi connectivity index (χ4v) is 3.56. The van der Waals surface area contributed by atoms with Gasteiger partial charge in [-0.3, -0.25) is 14.9 Å². The number of benzene rings is 1. The number of carbonyl (C=O) groups excluding carboxylic acids is 2. The maximum Gasteiger partial charge on any atom is 0.536 e. The van der Waals surface area contributed by atoms with E-state index < -0.39 is 8.80 Å². The van der Waals surface area contributed by atoms with Crippen LogP contribution in [0.2, 0.25) is 0 Å². The van der Waals surface area contributed by atoms with Gasteiger partial charge in [-0.2, -0.15) is 0 Å². The van der Waals surface area contributed by atoms with Crippen LogP contribution < -0.4 is 10.5 Å². The lowest BCUT2D eigenvalue weighted by atomic mass is 10.4. The number of hydrogen-bond acceptors (Lipinski definition) is 5. The first-order valence-electron chi connectivity index (χ1n) is 6.11. The molecule has 0 unspecified atom stereocenters. The Kier molecular flexibility index (Phi) is 6.53. The minimum absolute atomic E-state index is 0.148. The van der Waals surface area contributed by atoms with Crippen LogP contribution in [-0.2, 0) is 22.9 Å². The van der Waals surface area contributed by atoms with Gasteiger partial charge in [0.2, 0.25) is 11.8 Å². The summed E-state index contributed by atoms with van der Waals surface area (Å²) >= 11 is 0. The molecule has 1 saturated heterocycles. The summed E-state index contributed by atoms with van der Waals surface area (Å²) in [7, 11) is 2.22. The summed E-state index contributed by atoms with van der Waals surface area (Å²) in [4.78, 5) is 20.2. The van der Waals surface area contributed by atoms with Crippen molar-refractivity contribution in [3.63, 3.8) is 0 Å². The Morgan fingerprint density at radius 3 is 1.65 bits per heavy atom. The molecule has 20 heavy (non-hydrogen) atoms. The highest BCUT2D eigenvalue weighted by Crippen LogP contribution is 2.05. The molecule has 7 heteroatoms. The Labute approximate surface area is 119 Å². The smallest absolute Gasteiger partial charge is 0.373 e. The molecule has 1 heterocycles. The van der Waals surface area contributed by atoms with E-state index in [2.05, 4.69) is 5.32 Å². The molecule has 0 bridgehead atoms. The molecule has 1 aliphatic heterocycles. The molecule has 0 aromatic heterocycles. The van der Waals surface area contributed by atoms with Gasteiger partial charge >= 0.3 is 8.80 Å². The number of imide groups is 1. The monoisotopic (exact) mass is 297 g/mol. The molecule has 1 aromatic carbocycles. The van der Waals surface area contributed by atoms with E-state index in [0.717, 1.165) is 5.19 Å². The molecule has 1 aromatic rings. The minimum atomic E-state index is -2.59. The summed E-state index contributed by atoms with van der Waals surface area (Å²) in [5, 5.41) is 3.11. The molecule has 0 radical (unpaired) electrons. The highest BCUT2D eigenvalue weighted by Gasteiger charge is 2.40. The van der Waals surface area contributed by atoms with Gasteiger partial charge in [0, 0.05) is 39.4 Å². The topological polar surface area (TPSA) is 73.9 Å². The molecule has 0 spiro atoms. The van der Waals surface area contributed by atoms with Crippen molar-refractivity contribution in [2.24, 2.45) is 0 Å². The Hall–Kier alpha value is -1.54. The summed E-state index contributed by atoms with van der Waals surface area (Å²) in [6, 6.07) is 9.72. The maximum absolute atomic E-state index is 10.1. The van der Waals surface area contributed by atoms with Gasteiger partial charge in [-0.05, 0) is 0 Å². The molecule has 1 aliphatic rings. The SMILES string of the molecule is CO[Si](OC)(OC)c1ccccc1.O=C1CCC(=O)N1. The molecular weight excluding hydrogens is 278 g/mol. The second-order valence-corrected chi connectivity index (χ2v) is 6.92. The van der Waals surface area contributed by atoms with Crippen molar-refractivity contribution < 1.29 is 22.9 Å². The predicted molar refractivity (Wildman–Crippen MR) is 75.2 cm³/mol. The summed E-state index contributed by atoms with van der Waals surface area (Å²) in [6.45, 7) is 0. The lowest BCUT2D eigenvalue weighted by Gasteiger charge is -2.24. The van der Waals surface area contributed by atoms with E-state index >= 15 is 0 Å². The molecule has 1 N–H and O–H groups in total. The van der Waals surface area contributed by atoms with Gasteiger partial charge in [-0.15, -0.1) is 0 Å². The fourth-order valence-electron chi connectivity index (χ4n) is 1.75. The van der Waals surface area contributed by atoms with Crippen molar-refractivity contribution in [1.29, 1.82) is 0 Å². The average molecular weight is 297 g/mol. The largest absolute Gasteiger partial charge is 0.536 e. The van der Waals surface area contributed by atoms with E-state index in [1.165, 1.54) is 0 Å². The van der Waals surface area contributed by atoms with Crippen LogP contribution in [0.3, 0.4) is 0 Å². The first kappa shape index (κ1) is 16.5. The van der Waals surface area contributed by atoms with Crippen molar-refractivity contribution in [2.45, 2.75) is 12.8 Å². The number of amides is 2. The average Bonchev–Trinajstić information content (AvgIpc) is 2.87. The molecule has 2 rings (SSSR count). The Bertz CT molecular complexity index is 425. The van der Waals surface area contributed by atoms with Crippen LogP contribution in [0.15, 0.2) is 30.3 Å².